The van der Waals surface area contributed by atoms with Crippen LogP contribution in [0.15, 0.2) is 91.3 Å². The molecule has 0 atom stereocenters. The number of para-hydroxylation sites is 1. The number of nitrogens with one attached hydrogen (secondary N) is 3. The van der Waals surface area contributed by atoms with E-state index in [9.17, 15) is 9.59 Å². The molecule has 0 aliphatic carbocycles. The molecule has 32 heavy (non-hydrogen) atoms. The molecule has 0 aliphatic rings. The third-order valence-electron chi connectivity index (χ3n) is 4.53. The SMILES string of the molecule is O=C(Nc1cccc(CNc2ccc(C(=O)Nc3ccccc3)nn2)c1)c1ccncc1. The molecule has 0 bridgehead atoms. The van der Waals surface area contributed by atoms with Gasteiger partial charge in [-0.15, -0.1) is 10.2 Å². The van der Waals surface area contributed by atoms with Crippen LogP contribution in [0.5, 0.6) is 0 Å². The van der Waals surface area contributed by atoms with E-state index in [1.54, 1.807) is 48.8 Å². The van der Waals surface area contributed by atoms with Crippen molar-refractivity contribution in [2.24, 2.45) is 0 Å². The molecule has 4 aromatic rings. The highest BCUT2D eigenvalue weighted by molar-refractivity contribution is 6.04. The zero-order valence-electron chi connectivity index (χ0n) is 17.0. The number of aromatic nitrogens is 3. The summed E-state index contributed by atoms with van der Waals surface area (Å²) in [6, 6.07) is 23.3. The van der Waals surface area contributed by atoms with Crippen molar-refractivity contribution in [2.45, 2.75) is 6.54 Å². The number of hydrogen-bond acceptors (Lipinski definition) is 6. The number of nitrogens with zero attached hydrogens (tertiary/aromatic N) is 3. The van der Waals surface area contributed by atoms with E-state index < -0.39 is 0 Å². The average Bonchev–Trinajstić information content (AvgIpc) is 2.84. The van der Waals surface area contributed by atoms with Gasteiger partial charge in [-0.1, -0.05) is 30.3 Å². The molecule has 0 saturated carbocycles. The molecule has 0 saturated heterocycles. The summed E-state index contributed by atoms with van der Waals surface area (Å²) in [4.78, 5) is 28.5. The van der Waals surface area contributed by atoms with Crippen molar-refractivity contribution in [2.75, 3.05) is 16.0 Å². The number of carbonyl (C=O) groups is 2. The lowest BCUT2D eigenvalue weighted by Crippen LogP contribution is -2.15. The Morgan fingerprint density at radius 2 is 1.47 bits per heavy atom. The van der Waals surface area contributed by atoms with E-state index >= 15 is 0 Å². The lowest BCUT2D eigenvalue weighted by molar-refractivity contribution is 0.101. The van der Waals surface area contributed by atoms with Crippen LogP contribution < -0.4 is 16.0 Å². The minimum Gasteiger partial charge on any atom is -0.365 e. The summed E-state index contributed by atoms with van der Waals surface area (Å²) in [5.74, 6) is 0.00752. The van der Waals surface area contributed by atoms with Crippen molar-refractivity contribution in [3.63, 3.8) is 0 Å². The smallest absolute Gasteiger partial charge is 0.276 e. The molecule has 0 aliphatic heterocycles. The van der Waals surface area contributed by atoms with E-state index in [1.165, 1.54) is 0 Å². The van der Waals surface area contributed by atoms with Gasteiger partial charge in [0.2, 0.25) is 0 Å². The van der Waals surface area contributed by atoms with Crippen LogP contribution in [0.25, 0.3) is 0 Å². The molecule has 158 valence electrons. The van der Waals surface area contributed by atoms with Crippen LogP contribution in [-0.4, -0.2) is 27.0 Å². The summed E-state index contributed by atoms with van der Waals surface area (Å²) in [5.41, 5.74) is 3.09. The first-order valence-corrected chi connectivity index (χ1v) is 9.92. The second-order valence-electron chi connectivity index (χ2n) is 6.87. The number of rotatable bonds is 7. The van der Waals surface area contributed by atoms with E-state index in [4.69, 9.17) is 0 Å². The molecule has 2 heterocycles. The van der Waals surface area contributed by atoms with E-state index in [2.05, 4.69) is 31.1 Å². The van der Waals surface area contributed by atoms with Gasteiger partial charge in [-0.25, -0.2) is 0 Å². The zero-order valence-corrected chi connectivity index (χ0v) is 17.0. The molecular formula is C24H20N6O2. The number of hydrogen-bond donors (Lipinski definition) is 3. The maximum Gasteiger partial charge on any atom is 0.276 e. The summed E-state index contributed by atoms with van der Waals surface area (Å²) in [6.07, 6.45) is 3.15. The quantitative estimate of drug-likeness (QED) is 0.414. The van der Waals surface area contributed by atoms with Gasteiger partial charge < -0.3 is 16.0 Å². The highest BCUT2D eigenvalue weighted by atomic mass is 16.2. The Hall–Kier alpha value is -4.59. The fourth-order valence-electron chi connectivity index (χ4n) is 2.92. The third-order valence-corrected chi connectivity index (χ3v) is 4.53. The Labute approximate surface area is 184 Å². The lowest BCUT2D eigenvalue weighted by atomic mass is 10.2. The summed E-state index contributed by atoms with van der Waals surface area (Å²) < 4.78 is 0. The lowest BCUT2D eigenvalue weighted by Gasteiger charge is -2.09. The predicted molar refractivity (Wildman–Crippen MR) is 122 cm³/mol. The van der Waals surface area contributed by atoms with E-state index in [-0.39, 0.29) is 17.5 Å². The molecule has 3 N–H and O–H groups in total. The first-order valence-electron chi connectivity index (χ1n) is 9.92. The molecule has 8 nitrogen and oxygen atoms in total. The summed E-state index contributed by atoms with van der Waals surface area (Å²) in [5, 5.41) is 16.9. The maximum atomic E-state index is 12.3. The predicted octanol–water partition coefficient (Wildman–Crippen LogP) is 3.99. The summed E-state index contributed by atoms with van der Waals surface area (Å²) in [7, 11) is 0. The molecule has 0 radical (unpaired) electrons. The Bertz CT molecular complexity index is 1200. The van der Waals surface area contributed by atoms with Crippen LogP contribution in [0, 0.1) is 0 Å². The van der Waals surface area contributed by atoms with Crippen molar-refractivity contribution in [1.82, 2.24) is 15.2 Å². The fourth-order valence-corrected chi connectivity index (χ4v) is 2.92. The maximum absolute atomic E-state index is 12.3. The van der Waals surface area contributed by atoms with Gasteiger partial charge in [-0.2, -0.15) is 0 Å². The van der Waals surface area contributed by atoms with Crippen LogP contribution >= 0.6 is 0 Å². The molecule has 0 fully saturated rings. The zero-order chi connectivity index (χ0) is 22.2. The number of carbonyl (C=O) groups excluding carboxylic acids is 2. The van der Waals surface area contributed by atoms with Crippen molar-refractivity contribution in [3.05, 3.63) is 108 Å². The summed E-state index contributed by atoms with van der Waals surface area (Å²) >= 11 is 0. The highest BCUT2D eigenvalue weighted by Gasteiger charge is 2.09. The summed E-state index contributed by atoms with van der Waals surface area (Å²) in [6.45, 7) is 0.475. The van der Waals surface area contributed by atoms with Gasteiger partial charge in [-0.05, 0) is 54.1 Å². The van der Waals surface area contributed by atoms with Crippen molar-refractivity contribution >= 4 is 29.0 Å². The number of benzene rings is 2. The van der Waals surface area contributed by atoms with Gasteiger partial charge >= 0.3 is 0 Å². The first-order chi connectivity index (χ1) is 15.7. The average molecular weight is 424 g/mol. The van der Waals surface area contributed by atoms with Crippen molar-refractivity contribution < 1.29 is 9.59 Å². The van der Waals surface area contributed by atoms with E-state index in [1.807, 2.05) is 42.5 Å². The fraction of sp³-hybridized carbons (Fsp3) is 0.0417. The highest BCUT2D eigenvalue weighted by Crippen LogP contribution is 2.14. The Morgan fingerprint density at radius 1 is 0.719 bits per heavy atom. The third kappa shape index (κ3) is 5.51. The molecule has 8 heteroatoms. The molecule has 4 rings (SSSR count). The minimum absolute atomic E-state index is 0.201. The molecule has 0 unspecified atom stereocenters. The van der Waals surface area contributed by atoms with Gasteiger partial charge in [0.1, 0.15) is 5.82 Å². The van der Waals surface area contributed by atoms with Crippen LogP contribution in [0.1, 0.15) is 26.4 Å². The standard InChI is InChI=1S/C24H20N6O2/c31-23(18-11-13-25-14-12-18)28-20-8-4-5-17(15-20)16-26-22-10-9-21(29-30-22)24(32)27-19-6-2-1-3-7-19/h1-15H,16H2,(H,26,30)(H,27,32)(H,28,31). The van der Waals surface area contributed by atoms with E-state index in [0.29, 0.717) is 29.3 Å². The number of anilines is 3. The number of amides is 2. The van der Waals surface area contributed by atoms with Crippen LogP contribution in [0.3, 0.4) is 0 Å². The van der Waals surface area contributed by atoms with Gasteiger partial charge in [0.25, 0.3) is 11.8 Å². The monoisotopic (exact) mass is 424 g/mol. The molecule has 2 amide bonds. The molecule has 2 aromatic carbocycles. The molecular weight excluding hydrogens is 404 g/mol. The van der Waals surface area contributed by atoms with Gasteiger partial charge in [0.15, 0.2) is 5.69 Å². The Kier molecular flexibility index (Phi) is 6.42. The van der Waals surface area contributed by atoms with Crippen LogP contribution in [-0.2, 0) is 6.54 Å². The van der Waals surface area contributed by atoms with Crippen LogP contribution in [0.4, 0.5) is 17.2 Å². The van der Waals surface area contributed by atoms with E-state index in [0.717, 1.165) is 5.56 Å². The topological polar surface area (TPSA) is 109 Å². The van der Waals surface area contributed by atoms with Crippen LogP contribution in [0.2, 0.25) is 0 Å². The van der Waals surface area contributed by atoms with Crippen molar-refractivity contribution in [3.8, 4) is 0 Å². The normalized spacial score (nSPS) is 10.2. The number of pyridine rings is 1. The van der Waals surface area contributed by atoms with Gasteiger partial charge in [-0.3, -0.25) is 14.6 Å². The molecule has 2 aromatic heterocycles. The largest absolute Gasteiger partial charge is 0.365 e. The van der Waals surface area contributed by atoms with Crippen molar-refractivity contribution in [1.29, 1.82) is 0 Å². The Morgan fingerprint density at radius 3 is 2.22 bits per heavy atom. The minimum atomic E-state index is -0.326. The molecule has 0 spiro atoms. The van der Waals surface area contributed by atoms with Gasteiger partial charge in [0.05, 0.1) is 0 Å². The second kappa shape index (κ2) is 9.94. The second-order valence-corrected chi connectivity index (χ2v) is 6.87. The van der Waals surface area contributed by atoms with Gasteiger partial charge in [0, 0.05) is 35.9 Å². The first kappa shape index (κ1) is 20.7. The Balaban J connectivity index is 1.33.